The zero-order chi connectivity index (χ0) is 48.7. The third-order valence-corrected chi connectivity index (χ3v) is 16.8. The number of pyridine rings is 2. The number of aliphatic hydroxyl groups is 1. The maximum absolute atomic E-state index is 15.1. The number of carbonyl (C=O) groups is 1. The van der Waals surface area contributed by atoms with Crippen LogP contribution in [-0.2, 0) is 6.42 Å². The molecule has 0 radical (unpaired) electrons. The predicted octanol–water partition coefficient (Wildman–Crippen LogP) is 11.8. The van der Waals surface area contributed by atoms with Crippen molar-refractivity contribution in [3.8, 4) is 17.4 Å². The number of hydrogen-bond acceptors (Lipinski definition) is 12. The Morgan fingerprint density at radius 2 is 1.80 bits per heavy atom. The minimum absolute atomic E-state index is 0.224. The molecule has 2 atom stereocenters. The van der Waals surface area contributed by atoms with Crippen molar-refractivity contribution < 1.29 is 23.8 Å². The average Bonchev–Trinajstić information content (AvgIpc) is 3.98. The second kappa shape index (κ2) is 20.0. The molecule has 12 nitrogen and oxygen atoms in total. The number of aromatic nitrogens is 2. The van der Waals surface area contributed by atoms with E-state index in [1.807, 2.05) is 32.0 Å². The molecule has 4 heterocycles. The Balaban J connectivity index is 0.880. The molecule has 0 bridgehead atoms. The number of amides is 1. The molecule has 2 aromatic heterocycles. The normalized spacial score (nSPS) is 23.0. The second-order valence-electron chi connectivity index (χ2n) is 21.1. The van der Waals surface area contributed by atoms with Crippen molar-refractivity contribution in [1.82, 2.24) is 19.6 Å². The van der Waals surface area contributed by atoms with Crippen molar-refractivity contribution in [2.75, 3.05) is 61.7 Å². The standard InChI is InChI=1S/C56H67FN7O5S/c1-6-68-54-50(29-43-45(57)16-17-46(43)60-54)69-49-28-37(63-26-23-56(24-27-63)33-64(34-56)47-13-9-12-40(47)39-11-8-7-10-38(39)35(2)3)14-15-42(49)53(65)61-70-51-30-48(62(5)67)52(44-32-58-25-20-41(44)51)59-31-36-18-21-55(4,66)22-19-36/h7-8,10-11,14-16,20,25,28-30,32,35-36,40,47,59,66H,6,9,12-13,17-19,21-24,26-27,31,33-34H2,1-5H3,(H,61,65)/q-1/t36?,40-,47-,55?/m0/s1. The lowest BCUT2D eigenvalue weighted by atomic mass is 9.70. The summed E-state index contributed by atoms with van der Waals surface area (Å²) in [6.45, 7) is 13.4. The highest BCUT2D eigenvalue weighted by molar-refractivity contribution is 7.98. The van der Waals surface area contributed by atoms with Gasteiger partial charge in [0.1, 0.15) is 11.6 Å². The fourth-order valence-electron chi connectivity index (χ4n) is 11.9. The van der Waals surface area contributed by atoms with Crippen molar-refractivity contribution in [2.24, 2.45) is 11.3 Å². The molecular formula is C56H67FN7O5S-. The molecule has 0 unspecified atom stereocenters. The summed E-state index contributed by atoms with van der Waals surface area (Å²) >= 11 is 1.12. The van der Waals surface area contributed by atoms with Crippen LogP contribution in [0, 0.1) is 16.5 Å². The van der Waals surface area contributed by atoms with Crippen LogP contribution in [0.3, 0.4) is 0 Å². The van der Waals surface area contributed by atoms with Gasteiger partial charge in [0.2, 0.25) is 0 Å². The minimum atomic E-state index is -0.634. The van der Waals surface area contributed by atoms with Crippen LogP contribution in [0.15, 0.2) is 84.0 Å². The number of hydrogen-bond donors (Lipinski definition) is 3. The van der Waals surface area contributed by atoms with E-state index in [0.29, 0.717) is 82.1 Å². The van der Waals surface area contributed by atoms with Crippen LogP contribution in [0.5, 0.6) is 17.4 Å². The number of anilines is 3. The topological polar surface area (TPSA) is 138 Å². The molecule has 2 saturated heterocycles. The third-order valence-electron chi connectivity index (χ3n) is 15.9. The smallest absolute Gasteiger partial charge is 0.265 e. The number of fused-ring (bicyclic) bond motifs is 2. The first-order valence-corrected chi connectivity index (χ1v) is 26.3. The third kappa shape index (κ3) is 9.81. The van der Waals surface area contributed by atoms with E-state index < -0.39 is 11.5 Å². The van der Waals surface area contributed by atoms with Gasteiger partial charge in [0.25, 0.3) is 11.8 Å². The van der Waals surface area contributed by atoms with E-state index in [0.717, 1.165) is 98.2 Å². The first-order chi connectivity index (χ1) is 33.8. The highest BCUT2D eigenvalue weighted by Crippen LogP contribution is 2.49. The lowest BCUT2D eigenvalue weighted by Gasteiger charge is -2.57. The summed E-state index contributed by atoms with van der Waals surface area (Å²) < 4.78 is 30.7. The van der Waals surface area contributed by atoms with E-state index in [-0.39, 0.29) is 23.0 Å². The molecule has 14 heteroatoms. The van der Waals surface area contributed by atoms with E-state index in [2.05, 4.69) is 67.9 Å². The van der Waals surface area contributed by atoms with Crippen molar-refractivity contribution in [3.05, 3.63) is 112 Å². The Kier molecular flexibility index (Phi) is 13.8. The van der Waals surface area contributed by atoms with Crippen LogP contribution >= 0.6 is 11.9 Å². The Labute approximate surface area is 416 Å². The minimum Gasteiger partial charge on any atom is -0.758 e. The summed E-state index contributed by atoms with van der Waals surface area (Å²) in [6, 6.07) is 20.7. The number of halogens is 1. The predicted molar refractivity (Wildman–Crippen MR) is 279 cm³/mol. The quantitative estimate of drug-likeness (QED) is 0.0680. The number of benzene rings is 3. The molecule has 2 aliphatic heterocycles. The van der Waals surface area contributed by atoms with E-state index in [9.17, 15) is 15.1 Å². The number of ether oxygens (including phenoxy) is 2. The highest BCUT2D eigenvalue weighted by atomic mass is 32.2. The monoisotopic (exact) mass is 968 g/mol. The molecule has 4 fully saturated rings. The largest absolute Gasteiger partial charge is 0.758 e. The van der Waals surface area contributed by atoms with Crippen LogP contribution in [0.4, 0.5) is 21.5 Å². The van der Waals surface area contributed by atoms with Gasteiger partial charge in [-0.3, -0.25) is 19.4 Å². The van der Waals surface area contributed by atoms with E-state index in [1.54, 1.807) is 36.2 Å². The molecule has 370 valence electrons. The second-order valence-corrected chi connectivity index (χ2v) is 21.9. The SMILES string of the molecule is CCOc1nc2c(cc1Oc1cc(N3CCC4(CC3)CN([C@H]3CCC[C@H]3c3ccccc3C(C)C)C4)ccc1C(=O)NSc1cc(N(C)[O-])c(NCC3CCC(C)(O)CC3)c3cnccc13)C(F)=CC2. The van der Waals surface area contributed by atoms with Gasteiger partial charge in [-0.2, -0.15) is 0 Å². The number of allylic oxidation sites excluding steroid dienone is 1. The Morgan fingerprint density at radius 3 is 2.56 bits per heavy atom. The molecule has 3 aromatic carbocycles. The van der Waals surface area contributed by atoms with Crippen molar-refractivity contribution in [3.63, 3.8) is 0 Å². The maximum Gasteiger partial charge on any atom is 0.265 e. The van der Waals surface area contributed by atoms with Crippen LogP contribution in [0.2, 0.25) is 0 Å². The fraction of sp³-hybridized carbons (Fsp3) is 0.482. The molecule has 5 aromatic rings. The molecule has 2 saturated carbocycles. The van der Waals surface area contributed by atoms with E-state index in [1.165, 1.54) is 37.9 Å². The van der Waals surface area contributed by atoms with Crippen LogP contribution in [0.25, 0.3) is 16.6 Å². The zero-order valence-electron chi connectivity index (χ0n) is 41.2. The summed E-state index contributed by atoms with van der Waals surface area (Å²) in [5.41, 5.74) is 5.96. The Morgan fingerprint density at radius 1 is 1.01 bits per heavy atom. The summed E-state index contributed by atoms with van der Waals surface area (Å²) in [4.78, 5) is 29.4. The van der Waals surface area contributed by atoms with Gasteiger partial charge in [-0.15, -0.1) is 0 Å². The summed E-state index contributed by atoms with van der Waals surface area (Å²) in [5.74, 6) is 1.44. The molecular weight excluding hydrogens is 902 g/mol. The molecule has 1 spiro atoms. The summed E-state index contributed by atoms with van der Waals surface area (Å²) in [5, 5.41) is 29.7. The van der Waals surface area contributed by atoms with Crippen molar-refractivity contribution in [1.29, 1.82) is 0 Å². The molecule has 1 amide bonds. The highest BCUT2D eigenvalue weighted by Gasteiger charge is 2.49. The lowest BCUT2D eigenvalue weighted by molar-refractivity contribution is -0.0493. The van der Waals surface area contributed by atoms with Gasteiger partial charge in [0.05, 0.1) is 34.8 Å². The molecule has 3 aliphatic carbocycles. The van der Waals surface area contributed by atoms with Crippen LogP contribution in [-0.4, -0.2) is 83.9 Å². The summed E-state index contributed by atoms with van der Waals surface area (Å²) in [7, 11) is 1.47. The first kappa shape index (κ1) is 48.2. The molecule has 10 rings (SSSR count). The number of likely N-dealkylation sites (tertiary alicyclic amines) is 1. The fourth-order valence-corrected chi connectivity index (χ4v) is 12.7. The molecule has 5 aliphatic rings. The number of rotatable bonds is 15. The number of piperidine rings is 1. The Hall–Kier alpha value is -5.41. The number of hydroxylamine groups is 1. The molecule has 3 N–H and O–H groups in total. The van der Waals surface area contributed by atoms with E-state index in [4.69, 9.17) is 9.47 Å². The summed E-state index contributed by atoms with van der Waals surface area (Å²) in [6.07, 6.45) is 14.5. The zero-order valence-corrected chi connectivity index (χ0v) is 42.0. The van der Waals surface area contributed by atoms with Gasteiger partial charge < -0.3 is 35.1 Å². The van der Waals surface area contributed by atoms with Gasteiger partial charge in [-0.25, -0.2) is 9.37 Å². The van der Waals surface area contributed by atoms with E-state index >= 15 is 4.39 Å². The number of nitrogens with one attached hydrogen (secondary N) is 2. The number of carbonyl (C=O) groups excluding carboxylic acids is 1. The first-order valence-electron chi connectivity index (χ1n) is 25.5. The number of nitrogens with zero attached hydrogens (tertiary/aromatic N) is 5. The van der Waals surface area contributed by atoms with Crippen molar-refractivity contribution >= 4 is 51.5 Å². The van der Waals surface area contributed by atoms with Gasteiger partial charge in [-0.1, -0.05) is 44.5 Å². The van der Waals surface area contributed by atoms with Gasteiger partial charge >= 0.3 is 0 Å². The van der Waals surface area contributed by atoms with Crippen LogP contribution in [0.1, 0.15) is 130 Å². The van der Waals surface area contributed by atoms with Gasteiger partial charge in [0, 0.05) is 90.6 Å². The lowest BCUT2D eigenvalue weighted by Crippen LogP contribution is -2.63. The van der Waals surface area contributed by atoms with Crippen LogP contribution < -0.4 is 29.5 Å². The van der Waals surface area contributed by atoms with Crippen molar-refractivity contribution in [2.45, 2.75) is 120 Å². The van der Waals surface area contributed by atoms with Gasteiger partial charge in [0.15, 0.2) is 5.75 Å². The maximum atomic E-state index is 15.1. The molecule has 70 heavy (non-hydrogen) atoms. The van der Waals surface area contributed by atoms with Gasteiger partial charge in [-0.05, 0) is 155 Å². The Bertz CT molecular complexity index is 2760. The average molecular weight is 969 g/mol.